The second kappa shape index (κ2) is 5.15. The van der Waals surface area contributed by atoms with Crippen LogP contribution in [0.25, 0.3) is 0 Å². The van der Waals surface area contributed by atoms with Gasteiger partial charge in [-0.15, -0.1) is 0 Å². The average molecular weight is 228 g/mol. The number of rotatable bonds is 2. The van der Waals surface area contributed by atoms with Crippen molar-refractivity contribution in [3.8, 4) is 0 Å². The fraction of sp³-hybridized carbons (Fsp3) is 0.917. The van der Waals surface area contributed by atoms with Crippen molar-refractivity contribution in [2.45, 2.75) is 38.8 Å². The Hall–Kier alpha value is -0.610. The van der Waals surface area contributed by atoms with Crippen LogP contribution in [0.2, 0.25) is 0 Å². The maximum absolute atomic E-state index is 12.1. The summed E-state index contributed by atoms with van der Waals surface area (Å²) in [5.41, 5.74) is -0.390. The molecule has 2 atom stereocenters. The predicted molar refractivity (Wildman–Crippen MR) is 64.3 cm³/mol. The van der Waals surface area contributed by atoms with Gasteiger partial charge in [-0.25, -0.2) is 0 Å². The molecule has 1 aliphatic rings. The first-order valence-corrected chi connectivity index (χ1v) is 5.91. The first-order valence-electron chi connectivity index (χ1n) is 5.91. The van der Waals surface area contributed by atoms with Gasteiger partial charge in [0.05, 0.1) is 5.92 Å². The molecule has 0 spiro atoms. The van der Waals surface area contributed by atoms with Crippen molar-refractivity contribution in [3.05, 3.63) is 0 Å². The van der Waals surface area contributed by atoms with Crippen LogP contribution in [0.15, 0.2) is 0 Å². The number of carbonyl (C=O) groups is 1. The molecule has 1 rings (SSSR count). The Bertz CT molecular complexity index is 246. The van der Waals surface area contributed by atoms with Crippen LogP contribution < -0.4 is 5.32 Å². The van der Waals surface area contributed by atoms with Gasteiger partial charge in [0.2, 0.25) is 0 Å². The Morgan fingerprint density at radius 2 is 2.00 bits per heavy atom. The van der Waals surface area contributed by atoms with E-state index in [9.17, 15) is 4.79 Å². The van der Waals surface area contributed by atoms with Crippen LogP contribution in [-0.2, 0) is 9.53 Å². The van der Waals surface area contributed by atoms with Gasteiger partial charge in [-0.05, 0) is 47.8 Å². The third-order valence-electron chi connectivity index (χ3n) is 2.82. The lowest BCUT2D eigenvalue weighted by Crippen LogP contribution is -2.52. The molecule has 1 heterocycles. The quantitative estimate of drug-likeness (QED) is 0.712. The van der Waals surface area contributed by atoms with Crippen molar-refractivity contribution in [1.29, 1.82) is 0 Å². The number of carbonyl (C=O) groups excluding carboxylic acids is 1. The van der Waals surface area contributed by atoms with Gasteiger partial charge in [-0.2, -0.15) is 0 Å². The van der Waals surface area contributed by atoms with Gasteiger partial charge in [0.1, 0.15) is 5.60 Å². The van der Waals surface area contributed by atoms with Gasteiger partial charge >= 0.3 is 5.97 Å². The van der Waals surface area contributed by atoms with Gasteiger partial charge < -0.3 is 15.0 Å². The maximum Gasteiger partial charge on any atom is 0.311 e. The SMILES string of the molecule is CN(C)[C@@H]1CNCC[C@@H]1C(=O)OC(C)(C)C. The van der Waals surface area contributed by atoms with E-state index in [2.05, 4.69) is 10.2 Å². The van der Waals surface area contributed by atoms with Crippen molar-refractivity contribution >= 4 is 5.97 Å². The summed E-state index contributed by atoms with van der Waals surface area (Å²) in [5, 5.41) is 3.31. The summed E-state index contributed by atoms with van der Waals surface area (Å²) in [6.45, 7) is 7.50. The van der Waals surface area contributed by atoms with Crippen molar-refractivity contribution in [3.63, 3.8) is 0 Å². The molecule has 1 fully saturated rings. The monoisotopic (exact) mass is 228 g/mol. The molecule has 0 bridgehead atoms. The van der Waals surface area contributed by atoms with E-state index in [1.165, 1.54) is 0 Å². The Labute approximate surface area is 98.3 Å². The van der Waals surface area contributed by atoms with Crippen molar-refractivity contribution in [2.24, 2.45) is 5.92 Å². The highest BCUT2D eigenvalue weighted by atomic mass is 16.6. The van der Waals surface area contributed by atoms with Crippen LogP contribution in [0.3, 0.4) is 0 Å². The van der Waals surface area contributed by atoms with E-state index in [1.807, 2.05) is 34.9 Å². The van der Waals surface area contributed by atoms with Gasteiger partial charge in [-0.1, -0.05) is 0 Å². The second-order valence-electron chi connectivity index (χ2n) is 5.66. The Morgan fingerprint density at radius 1 is 1.38 bits per heavy atom. The molecule has 0 unspecified atom stereocenters. The highest BCUT2D eigenvalue weighted by Crippen LogP contribution is 2.21. The molecule has 16 heavy (non-hydrogen) atoms. The highest BCUT2D eigenvalue weighted by molar-refractivity contribution is 5.74. The molecule has 0 aromatic rings. The zero-order valence-corrected chi connectivity index (χ0v) is 11.0. The van der Waals surface area contributed by atoms with E-state index in [-0.39, 0.29) is 17.9 Å². The number of piperidine rings is 1. The number of hydrogen-bond acceptors (Lipinski definition) is 4. The molecule has 0 aromatic carbocycles. The number of ether oxygens (including phenoxy) is 1. The fourth-order valence-corrected chi connectivity index (χ4v) is 2.04. The maximum atomic E-state index is 12.1. The number of esters is 1. The van der Waals surface area contributed by atoms with Crippen molar-refractivity contribution < 1.29 is 9.53 Å². The molecule has 4 nitrogen and oxygen atoms in total. The molecule has 0 aromatic heterocycles. The van der Waals surface area contributed by atoms with Crippen LogP contribution in [0.5, 0.6) is 0 Å². The average Bonchev–Trinajstić information content (AvgIpc) is 2.15. The van der Waals surface area contributed by atoms with Gasteiger partial charge in [-0.3, -0.25) is 4.79 Å². The molecule has 0 amide bonds. The highest BCUT2D eigenvalue weighted by Gasteiger charge is 2.35. The molecule has 0 saturated carbocycles. The van der Waals surface area contributed by atoms with Crippen LogP contribution in [0, 0.1) is 5.92 Å². The van der Waals surface area contributed by atoms with E-state index in [0.717, 1.165) is 19.5 Å². The Kier molecular flexibility index (Phi) is 4.33. The molecular formula is C12H24N2O2. The summed E-state index contributed by atoms with van der Waals surface area (Å²) in [4.78, 5) is 14.1. The van der Waals surface area contributed by atoms with Crippen molar-refractivity contribution in [2.75, 3.05) is 27.2 Å². The first kappa shape index (κ1) is 13.5. The smallest absolute Gasteiger partial charge is 0.311 e. The molecule has 0 radical (unpaired) electrons. The normalized spacial score (nSPS) is 26.9. The van der Waals surface area contributed by atoms with Crippen LogP contribution in [-0.4, -0.2) is 49.7 Å². The van der Waals surface area contributed by atoms with Gasteiger partial charge in [0, 0.05) is 12.6 Å². The Balaban J connectivity index is 2.64. The lowest BCUT2D eigenvalue weighted by Gasteiger charge is -2.36. The third kappa shape index (κ3) is 3.76. The minimum atomic E-state index is -0.390. The number of nitrogens with one attached hydrogen (secondary N) is 1. The van der Waals surface area contributed by atoms with Crippen LogP contribution in [0.4, 0.5) is 0 Å². The van der Waals surface area contributed by atoms with E-state index < -0.39 is 5.60 Å². The molecule has 1 saturated heterocycles. The largest absolute Gasteiger partial charge is 0.460 e. The van der Waals surface area contributed by atoms with Crippen LogP contribution >= 0.6 is 0 Å². The fourth-order valence-electron chi connectivity index (χ4n) is 2.04. The zero-order chi connectivity index (χ0) is 12.3. The van der Waals surface area contributed by atoms with E-state index in [1.54, 1.807) is 0 Å². The molecule has 0 aliphatic carbocycles. The summed E-state index contributed by atoms with van der Waals surface area (Å²) in [6.07, 6.45) is 0.859. The zero-order valence-electron chi connectivity index (χ0n) is 11.0. The molecule has 4 heteroatoms. The minimum Gasteiger partial charge on any atom is -0.460 e. The first-order chi connectivity index (χ1) is 7.31. The third-order valence-corrected chi connectivity index (χ3v) is 2.82. The molecule has 1 N–H and O–H groups in total. The predicted octanol–water partition coefficient (Wildman–Crippen LogP) is 0.868. The standard InChI is InChI=1S/C12H24N2O2/c1-12(2,3)16-11(15)9-6-7-13-8-10(9)14(4)5/h9-10,13H,6-8H2,1-5H3/t9-,10+/m0/s1. The number of nitrogens with zero attached hydrogens (tertiary/aromatic N) is 1. The molecule has 1 aliphatic heterocycles. The summed E-state index contributed by atoms with van der Waals surface area (Å²) < 4.78 is 5.46. The lowest BCUT2D eigenvalue weighted by molar-refractivity contribution is -0.163. The Morgan fingerprint density at radius 3 is 2.50 bits per heavy atom. The van der Waals surface area contributed by atoms with E-state index >= 15 is 0 Å². The van der Waals surface area contributed by atoms with Gasteiger partial charge in [0.25, 0.3) is 0 Å². The van der Waals surface area contributed by atoms with E-state index in [0.29, 0.717) is 0 Å². The summed E-state index contributed by atoms with van der Waals surface area (Å²) in [5.74, 6) is -0.0665. The topological polar surface area (TPSA) is 41.6 Å². The summed E-state index contributed by atoms with van der Waals surface area (Å²) >= 11 is 0. The minimum absolute atomic E-state index is 0.00419. The van der Waals surface area contributed by atoms with E-state index in [4.69, 9.17) is 4.74 Å². The number of likely N-dealkylation sites (N-methyl/N-ethyl adjacent to an activating group) is 1. The molecule has 94 valence electrons. The van der Waals surface area contributed by atoms with Gasteiger partial charge in [0.15, 0.2) is 0 Å². The number of hydrogen-bond donors (Lipinski definition) is 1. The van der Waals surface area contributed by atoms with Crippen molar-refractivity contribution in [1.82, 2.24) is 10.2 Å². The summed E-state index contributed by atoms with van der Waals surface area (Å²) in [6, 6.07) is 0.239. The second-order valence-corrected chi connectivity index (χ2v) is 5.66. The van der Waals surface area contributed by atoms with Crippen LogP contribution in [0.1, 0.15) is 27.2 Å². The molecular weight excluding hydrogens is 204 g/mol. The summed E-state index contributed by atoms with van der Waals surface area (Å²) in [7, 11) is 4.02. The lowest BCUT2D eigenvalue weighted by atomic mass is 9.92.